The van der Waals surface area contributed by atoms with E-state index in [4.69, 9.17) is 4.52 Å². The number of piperidine rings is 1. The summed E-state index contributed by atoms with van der Waals surface area (Å²) in [7, 11) is 0. The predicted molar refractivity (Wildman–Crippen MR) is 79.0 cm³/mol. The minimum atomic E-state index is -0.112. The molecule has 0 N–H and O–H groups in total. The summed E-state index contributed by atoms with van der Waals surface area (Å²) in [5.41, 5.74) is 1.92. The SMILES string of the molecule is Cc1cc(C)n(CC(=O)N2CCCC[C@H]2c2nc(C)no2)n1. The number of nitrogens with zero attached hydrogens (tertiary/aromatic N) is 5. The van der Waals surface area contributed by atoms with Gasteiger partial charge in [-0.2, -0.15) is 10.1 Å². The second-order valence-corrected chi connectivity index (χ2v) is 5.86. The summed E-state index contributed by atoms with van der Waals surface area (Å²) < 4.78 is 7.04. The van der Waals surface area contributed by atoms with Gasteiger partial charge in [0.15, 0.2) is 5.82 Å². The summed E-state index contributed by atoms with van der Waals surface area (Å²) in [6.45, 7) is 6.66. The van der Waals surface area contributed by atoms with Crippen molar-refractivity contribution in [1.29, 1.82) is 0 Å². The van der Waals surface area contributed by atoms with E-state index in [2.05, 4.69) is 15.2 Å². The normalized spacial score (nSPS) is 18.7. The number of carbonyl (C=O) groups excluding carboxylic acids is 1. The number of likely N-dealkylation sites (tertiary alicyclic amines) is 1. The highest BCUT2D eigenvalue weighted by Crippen LogP contribution is 2.30. The highest BCUT2D eigenvalue weighted by molar-refractivity contribution is 5.76. The average molecular weight is 303 g/mol. The van der Waals surface area contributed by atoms with Gasteiger partial charge >= 0.3 is 0 Å². The summed E-state index contributed by atoms with van der Waals surface area (Å²) in [5.74, 6) is 1.19. The van der Waals surface area contributed by atoms with Crippen LogP contribution in [0.5, 0.6) is 0 Å². The molecule has 1 atom stereocenters. The van der Waals surface area contributed by atoms with Crippen molar-refractivity contribution in [3.05, 3.63) is 29.2 Å². The molecule has 0 unspecified atom stereocenters. The molecule has 0 spiro atoms. The molecule has 3 heterocycles. The average Bonchev–Trinajstić information content (AvgIpc) is 3.05. The molecule has 1 saturated heterocycles. The van der Waals surface area contributed by atoms with Gasteiger partial charge in [-0.25, -0.2) is 0 Å². The third kappa shape index (κ3) is 2.88. The first kappa shape index (κ1) is 14.7. The van der Waals surface area contributed by atoms with Crippen molar-refractivity contribution in [3.63, 3.8) is 0 Å². The minimum absolute atomic E-state index is 0.0479. The monoisotopic (exact) mass is 303 g/mol. The maximum absolute atomic E-state index is 12.7. The Balaban J connectivity index is 1.78. The molecule has 7 nitrogen and oxygen atoms in total. The molecule has 0 aliphatic carbocycles. The molecule has 1 fully saturated rings. The third-order valence-corrected chi connectivity index (χ3v) is 4.04. The van der Waals surface area contributed by atoms with Crippen molar-refractivity contribution in [2.45, 2.75) is 52.6 Å². The van der Waals surface area contributed by atoms with Crippen LogP contribution in [0.15, 0.2) is 10.6 Å². The molecule has 0 bridgehead atoms. The number of rotatable bonds is 3. The Labute approximate surface area is 129 Å². The van der Waals surface area contributed by atoms with Crippen LogP contribution >= 0.6 is 0 Å². The van der Waals surface area contributed by atoms with Crippen LogP contribution in [0, 0.1) is 20.8 Å². The fourth-order valence-corrected chi connectivity index (χ4v) is 2.99. The molecule has 0 aromatic carbocycles. The number of amides is 1. The maximum atomic E-state index is 12.7. The van der Waals surface area contributed by atoms with Gasteiger partial charge in [0.1, 0.15) is 12.6 Å². The molecule has 22 heavy (non-hydrogen) atoms. The van der Waals surface area contributed by atoms with Gasteiger partial charge in [0, 0.05) is 12.2 Å². The van der Waals surface area contributed by atoms with E-state index >= 15 is 0 Å². The standard InChI is InChI=1S/C15H21N5O2/c1-10-8-11(2)20(17-10)9-14(21)19-7-5-4-6-13(19)15-16-12(3)18-22-15/h8,13H,4-7,9H2,1-3H3/t13-/m0/s1. The molecule has 1 amide bonds. The molecule has 2 aromatic heterocycles. The summed E-state index contributed by atoms with van der Waals surface area (Å²) >= 11 is 0. The van der Waals surface area contributed by atoms with E-state index < -0.39 is 0 Å². The van der Waals surface area contributed by atoms with Gasteiger partial charge in [0.25, 0.3) is 0 Å². The van der Waals surface area contributed by atoms with Gasteiger partial charge in [-0.05, 0) is 46.1 Å². The molecule has 0 saturated carbocycles. The van der Waals surface area contributed by atoms with E-state index in [9.17, 15) is 4.79 Å². The Bertz CT molecular complexity index is 675. The third-order valence-electron chi connectivity index (χ3n) is 4.04. The van der Waals surface area contributed by atoms with Gasteiger partial charge in [-0.3, -0.25) is 9.48 Å². The van der Waals surface area contributed by atoms with Gasteiger partial charge in [0.05, 0.1) is 5.69 Å². The quantitative estimate of drug-likeness (QED) is 0.866. The van der Waals surface area contributed by atoms with Crippen LogP contribution in [0.1, 0.15) is 48.4 Å². The smallest absolute Gasteiger partial charge is 0.249 e. The summed E-state index contributed by atoms with van der Waals surface area (Å²) in [5, 5.41) is 8.21. The Morgan fingerprint density at radius 1 is 1.36 bits per heavy atom. The van der Waals surface area contributed by atoms with Crippen LogP contribution in [-0.4, -0.2) is 37.3 Å². The van der Waals surface area contributed by atoms with E-state index in [1.54, 1.807) is 11.6 Å². The van der Waals surface area contributed by atoms with Gasteiger partial charge in [-0.1, -0.05) is 5.16 Å². The first-order chi connectivity index (χ1) is 10.5. The molecule has 1 aliphatic rings. The van der Waals surface area contributed by atoms with Crippen LogP contribution in [-0.2, 0) is 11.3 Å². The second-order valence-electron chi connectivity index (χ2n) is 5.86. The molecule has 118 valence electrons. The number of hydrogen-bond donors (Lipinski definition) is 0. The molecule has 3 rings (SSSR count). The topological polar surface area (TPSA) is 77.0 Å². The van der Waals surface area contributed by atoms with E-state index in [-0.39, 0.29) is 18.5 Å². The van der Waals surface area contributed by atoms with Crippen molar-refractivity contribution in [2.24, 2.45) is 0 Å². The summed E-state index contributed by atoms with van der Waals surface area (Å²) in [6, 6.07) is 1.86. The van der Waals surface area contributed by atoms with Crippen LogP contribution in [0.25, 0.3) is 0 Å². The lowest BCUT2D eigenvalue weighted by Crippen LogP contribution is -2.40. The first-order valence-corrected chi connectivity index (χ1v) is 7.65. The molecule has 0 radical (unpaired) electrons. The number of carbonyl (C=O) groups is 1. The van der Waals surface area contributed by atoms with E-state index in [1.165, 1.54) is 0 Å². The van der Waals surface area contributed by atoms with Crippen LogP contribution < -0.4 is 0 Å². The van der Waals surface area contributed by atoms with E-state index in [1.807, 2.05) is 24.8 Å². The Hall–Kier alpha value is -2.18. The number of aromatic nitrogens is 4. The maximum Gasteiger partial charge on any atom is 0.249 e. The molecular weight excluding hydrogens is 282 g/mol. The van der Waals surface area contributed by atoms with Crippen molar-refractivity contribution < 1.29 is 9.32 Å². The second kappa shape index (κ2) is 5.90. The zero-order valence-electron chi connectivity index (χ0n) is 13.2. The van der Waals surface area contributed by atoms with Gasteiger partial charge < -0.3 is 9.42 Å². The van der Waals surface area contributed by atoms with Gasteiger partial charge in [-0.15, -0.1) is 0 Å². The minimum Gasteiger partial charge on any atom is -0.337 e. The highest BCUT2D eigenvalue weighted by atomic mass is 16.5. The molecular formula is C15H21N5O2. The van der Waals surface area contributed by atoms with Crippen molar-refractivity contribution in [3.8, 4) is 0 Å². The first-order valence-electron chi connectivity index (χ1n) is 7.65. The molecule has 7 heteroatoms. The fraction of sp³-hybridized carbons (Fsp3) is 0.600. The fourth-order valence-electron chi connectivity index (χ4n) is 2.99. The Kier molecular flexibility index (Phi) is 3.96. The van der Waals surface area contributed by atoms with E-state index in [0.717, 1.165) is 37.2 Å². The zero-order valence-corrected chi connectivity index (χ0v) is 13.2. The van der Waals surface area contributed by atoms with Crippen molar-refractivity contribution >= 4 is 5.91 Å². The Morgan fingerprint density at radius 2 is 2.18 bits per heavy atom. The van der Waals surface area contributed by atoms with Crippen LogP contribution in [0.3, 0.4) is 0 Å². The lowest BCUT2D eigenvalue weighted by atomic mass is 10.0. The highest BCUT2D eigenvalue weighted by Gasteiger charge is 2.32. The molecule has 1 aliphatic heterocycles. The molecule has 2 aromatic rings. The zero-order chi connectivity index (χ0) is 15.7. The van der Waals surface area contributed by atoms with Crippen molar-refractivity contribution in [1.82, 2.24) is 24.8 Å². The lowest BCUT2D eigenvalue weighted by molar-refractivity contribution is -0.136. The number of hydrogen-bond acceptors (Lipinski definition) is 5. The lowest BCUT2D eigenvalue weighted by Gasteiger charge is -2.33. The summed E-state index contributed by atoms with van der Waals surface area (Å²) in [6.07, 6.45) is 2.94. The van der Waals surface area contributed by atoms with Gasteiger partial charge in [0.2, 0.25) is 11.8 Å². The van der Waals surface area contributed by atoms with Crippen LogP contribution in [0.2, 0.25) is 0 Å². The van der Waals surface area contributed by atoms with Crippen LogP contribution in [0.4, 0.5) is 0 Å². The van der Waals surface area contributed by atoms with Crippen molar-refractivity contribution in [2.75, 3.05) is 6.54 Å². The summed E-state index contributed by atoms with van der Waals surface area (Å²) in [4.78, 5) is 18.9. The largest absolute Gasteiger partial charge is 0.337 e. The Morgan fingerprint density at radius 3 is 2.82 bits per heavy atom. The van der Waals surface area contributed by atoms with E-state index in [0.29, 0.717) is 11.7 Å². The predicted octanol–water partition coefficient (Wildman–Crippen LogP) is 1.95. The number of aryl methyl sites for hydroxylation is 3.